The van der Waals surface area contributed by atoms with Gasteiger partial charge in [-0.25, -0.2) is 0 Å². The normalized spacial score (nSPS) is 26.4. The van der Waals surface area contributed by atoms with Crippen molar-refractivity contribution in [2.75, 3.05) is 0 Å². The molecule has 1 aliphatic carbocycles. The zero-order chi connectivity index (χ0) is 16.5. The molecule has 0 heterocycles. The Morgan fingerprint density at radius 2 is 1.86 bits per heavy atom. The third-order valence-corrected chi connectivity index (χ3v) is 9.53. The van der Waals surface area contributed by atoms with Crippen molar-refractivity contribution in [1.82, 2.24) is 0 Å². The van der Waals surface area contributed by atoms with E-state index in [0.717, 1.165) is 12.0 Å². The molecule has 1 atom stereocenters. The number of hydrogen-bond donors (Lipinski definition) is 0. The molecule has 0 amide bonds. The van der Waals surface area contributed by atoms with Crippen molar-refractivity contribution in [3.05, 3.63) is 23.5 Å². The molecule has 0 N–H and O–H groups in total. The van der Waals surface area contributed by atoms with E-state index in [9.17, 15) is 4.79 Å². The Morgan fingerprint density at radius 3 is 2.29 bits per heavy atom. The fourth-order valence-electron chi connectivity index (χ4n) is 2.65. The van der Waals surface area contributed by atoms with E-state index in [-0.39, 0.29) is 16.6 Å². The highest BCUT2D eigenvalue weighted by molar-refractivity contribution is 6.74. The molecule has 1 aliphatic rings. The van der Waals surface area contributed by atoms with E-state index in [4.69, 9.17) is 9.16 Å². The van der Waals surface area contributed by atoms with Crippen LogP contribution < -0.4 is 0 Å². The minimum Gasteiger partial charge on any atom is -0.436 e. The Morgan fingerprint density at radius 1 is 1.29 bits per heavy atom. The number of hydrogen-bond acceptors (Lipinski definition) is 3. The molecule has 0 radical (unpaired) electrons. The van der Waals surface area contributed by atoms with E-state index in [1.165, 1.54) is 5.57 Å². The highest BCUT2D eigenvalue weighted by Gasteiger charge is 2.48. The third kappa shape index (κ3) is 3.66. The zero-order valence-corrected chi connectivity index (χ0v) is 15.7. The Balaban J connectivity index is 3.08. The van der Waals surface area contributed by atoms with Crippen molar-refractivity contribution in [3.8, 4) is 0 Å². The van der Waals surface area contributed by atoms with Gasteiger partial charge in [-0.05, 0) is 36.2 Å². The second-order valence-corrected chi connectivity index (χ2v) is 12.6. The quantitative estimate of drug-likeness (QED) is 0.424. The molecule has 0 aliphatic heterocycles. The predicted molar refractivity (Wildman–Crippen MR) is 89.5 cm³/mol. The molecule has 0 spiro atoms. The summed E-state index contributed by atoms with van der Waals surface area (Å²) in [6.45, 7) is 18.2. The SMILES string of the molecule is C/C=C1\C(=C/OC=O)CC(O[Si](C)(C)C(C)(C)C)C1(C)C. The van der Waals surface area contributed by atoms with Crippen LogP contribution >= 0.6 is 0 Å². The molecule has 120 valence electrons. The fourth-order valence-corrected chi connectivity index (χ4v) is 4.10. The summed E-state index contributed by atoms with van der Waals surface area (Å²) in [5.41, 5.74) is 2.22. The van der Waals surface area contributed by atoms with Crippen LogP contribution in [0.5, 0.6) is 0 Å². The van der Waals surface area contributed by atoms with Crippen LogP contribution in [-0.4, -0.2) is 20.9 Å². The van der Waals surface area contributed by atoms with Gasteiger partial charge in [-0.3, -0.25) is 4.79 Å². The highest BCUT2D eigenvalue weighted by Crippen LogP contribution is 2.50. The summed E-state index contributed by atoms with van der Waals surface area (Å²) in [7, 11) is -1.83. The molecular weight excluding hydrogens is 280 g/mol. The summed E-state index contributed by atoms with van der Waals surface area (Å²) < 4.78 is 11.5. The second kappa shape index (κ2) is 6.09. The number of ether oxygens (including phenoxy) is 1. The van der Waals surface area contributed by atoms with Crippen molar-refractivity contribution >= 4 is 14.8 Å². The van der Waals surface area contributed by atoms with E-state index in [2.05, 4.69) is 53.8 Å². The van der Waals surface area contributed by atoms with Gasteiger partial charge in [0.2, 0.25) is 0 Å². The summed E-state index contributed by atoms with van der Waals surface area (Å²) in [5.74, 6) is 0. The van der Waals surface area contributed by atoms with Crippen molar-refractivity contribution in [1.29, 1.82) is 0 Å². The Hall–Kier alpha value is -0.873. The molecule has 0 aromatic heterocycles. The van der Waals surface area contributed by atoms with E-state index < -0.39 is 8.32 Å². The molecule has 1 rings (SSSR count). The molecule has 1 unspecified atom stereocenters. The number of allylic oxidation sites excluding steroid dienone is 1. The van der Waals surface area contributed by atoms with Gasteiger partial charge in [-0.15, -0.1) is 0 Å². The molecular formula is C17H30O3Si. The lowest BCUT2D eigenvalue weighted by Gasteiger charge is -2.41. The van der Waals surface area contributed by atoms with Crippen molar-refractivity contribution < 1.29 is 14.0 Å². The number of carbonyl (C=O) groups is 1. The molecule has 21 heavy (non-hydrogen) atoms. The second-order valence-electron chi connectivity index (χ2n) is 7.87. The van der Waals surface area contributed by atoms with E-state index in [1.807, 2.05) is 6.92 Å². The monoisotopic (exact) mass is 310 g/mol. The maximum atomic E-state index is 10.4. The predicted octanol–water partition coefficient (Wildman–Crippen LogP) is 4.81. The van der Waals surface area contributed by atoms with Gasteiger partial charge in [-0.1, -0.05) is 40.7 Å². The van der Waals surface area contributed by atoms with E-state index in [1.54, 1.807) is 6.26 Å². The summed E-state index contributed by atoms with van der Waals surface area (Å²) in [4.78, 5) is 10.4. The van der Waals surface area contributed by atoms with Crippen molar-refractivity contribution in [3.63, 3.8) is 0 Å². The molecule has 3 nitrogen and oxygen atoms in total. The van der Waals surface area contributed by atoms with Crippen LogP contribution in [0.4, 0.5) is 0 Å². The van der Waals surface area contributed by atoms with Gasteiger partial charge >= 0.3 is 0 Å². The van der Waals surface area contributed by atoms with Crippen LogP contribution in [0.3, 0.4) is 0 Å². The lowest BCUT2D eigenvalue weighted by molar-refractivity contribution is -0.123. The minimum atomic E-state index is -1.83. The standard InChI is InChI=1S/C17H30O3Si/c1-9-14-13(11-19-12-18)10-15(17(14,5)6)20-21(7,8)16(2,3)4/h9,11-12,15H,10H2,1-8H3/b13-11-,14-9+. The average Bonchev–Trinajstić information content (AvgIpc) is 2.55. The third-order valence-electron chi connectivity index (χ3n) is 5.05. The lowest BCUT2D eigenvalue weighted by Crippen LogP contribution is -2.46. The number of rotatable bonds is 4. The summed E-state index contributed by atoms with van der Waals surface area (Å²) in [6, 6.07) is 0. The van der Waals surface area contributed by atoms with Crippen LogP contribution in [-0.2, 0) is 14.0 Å². The molecule has 1 saturated carbocycles. The zero-order valence-electron chi connectivity index (χ0n) is 14.7. The van der Waals surface area contributed by atoms with Crippen LogP contribution in [0, 0.1) is 5.41 Å². The molecule has 0 bridgehead atoms. The van der Waals surface area contributed by atoms with Gasteiger partial charge in [0.25, 0.3) is 6.47 Å². The van der Waals surface area contributed by atoms with Gasteiger partial charge in [0, 0.05) is 11.8 Å². The molecule has 0 aromatic rings. The fraction of sp³-hybridized carbons (Fsp3) is 0.706. The molecule has 4 heteroatoms. The van der Waals surface area contributed by atoms with Crippen LogP contribution in [0.25, 0.3) is 0 Å². The minimum absolute atomic E-state index is 0.0671. The first-order valence-electron chi connectivity index (χ1n) is 7.60. The van der Waals surface area contributed by atoms with Gasteiger partial charge < -0.3 is 9.16 Å². The average molecular weight is 311 g/mol. The Bertz CT molecular complexity index is 453. The highest BCUT2D eigenvalue weighted by atomic mass is 28.4. The lowest BCUT2D eigenvalue weighted by atomic mass is 9.84. The summed E-state index contributed by atoms with van der Waals surface area (Å²) >= 11 is 0. The van der Waals surface area contributed by atoms with Crippen LogP contribution in [0.15, 0.2) is 23.5 Å². The Kier molecular flexibility index (Phi) is 5.27. The van der Waals surface area contributed by atoms with Gasteiger partial charge in [-0.2, -0.15) is 0 Å². The topological polar surface area (TPSA) is 35.5 Å². The maximum absolute atomic E-state index is 10.4. The van der Waals surface area contributed by atoms with Gasteiger partial charge in [0.15, 0.2) is 8.32 Å². The summed E-state index contributed by atoms with van der Waals surface area (Å²) in [6.07, 6.45) is 4.60. The van der Waals surface area contributed by atoms with Gasteiger partial charge in [0.1, 0.15) is 0 Å². The maximum Gasteiger partial charge on any atom is 0.297 e. The first kappa shape index (κ1) is 18.2. The first-order valence-corrected chi connectivity index (χ1v) is 10.5. The van der Waals surface area contributed by atoms with E-state index in [0.29, 0.717) is 6.47 Å². The van der Waals surface area contributed by atoms with Crippen molar-refractivity contribution in [2.45, 2.75) is 72.2 Å². The smallest absolute Gasteiger partial charge is 0.297 e. The molecule has 1 fully saturated rings. The number of carbonyl (C=O) groups excluding carboxylic acids is 1. The first-order chi connectivity index (χ1) is 9.47. The van der Waals surface area contributed by atoms with Gasteiger partial charge in [0.05, 0.1) is 12.4 Å². The largest absolute Gasteiger partial charge is 0.436 e. The van der Waals surface area contributed by atoms with E-state index >= 15 is 0 Å². The molecule has 0 aromatic carbocycles. The summed E-state index contributed by atoms with van der Waals surface area (Å²) in [5, 5.41) is 0.185. The van der Waals surface area contributed by atoms with Crippen molar-refractivity contribution in [2.24, 2.45) is 5.41 Å². The molecule has 0 saturated heterocycles. The van der Waals surface area contributed by atoms with Crippen LogP contribution in [0.2, 0.25) is 18.1 Å². The Labute approximate surface area is 130 Å². The van der Waals surface area contributed by atoms with Crippen LogP contribution in [0.1, 0.15) is 48.0 Å².